The summed E-state index contributed by atoms with van der Waals surface area (Å²) in [5.74, 6) is 0.136. The van der Waals surface area contributed by atoms with E-state index in [1.165, 1.54) is 23.4 Å². The van der Waals surface area contributed by atoms with Crippen molar-refractivity contribution in [2.24, 2.45) is 0 Å². The van der Waals surface area contributed by atoms with E-state index in [0.717, 1.165) is 63.1 Å². The molecule has 2 aromatic heterocycles. The van der Waals surface area contributed by atoms with Crippen LogP contribution in [0, 0.1) is 12.7 Å². The number of aromatic nitrogens is 1. The van der Waals surface area contributed by atoms with Crippen molar-refractivity contribution < 1.29 is 8.91 Å². The Kier molecular flexibility index (Phi) is 6.25. The summed E-state index contributed by atoms with van der Waals surface area (Å²) >= 11 is 1.98. The molecule has 0 aliphatic carbocycles. The minimum Gasteiger partial charge on any atom is -0.356 e. The highest BCUT2D eigenvalue weighted by Crippen LogP contribution is 2.34. The first-order valence-corrected chi connectivity index (χ1v) is 11.1. The van der Waals surface area contributed by atoms with Crippen LogP contribution in [-0.2, 0) is 19.4 Å². The van der Waals surface area contributed by atoms with Crippen LogP contribution in [0.1, 0.15) is 45.3 Å². The largest absolute Gasteiger partial charge is 0.356 e. The van der Waals surface area contributed by atoms with Gasteiger partial charge in [0.25, 0.3) is 0 Å². The monoisotopic (exact) mass is 435 g/mol. The standard InChI is InChI=1S/C22H26FN3OS.ClH/c1-14-17(18-4-8-24-13-21(18)28-14)7-11-26-9-5-15(6-10-26)22-19-3-2-16(23)12-20(19)27-25-22;/h2-3,12,15,24H,4-11,13H2,1H3;1H. The minimum atomic E-state index is -0.272. The fourth-order valence-corrected chi connectivity index (χ4v) is 6.03. The number of aryl methyl sites for hydroxylation is 1. The quantitative estimate of drug-likeness (QED) is 0.637. The highest BCUT2D eigenvalue weighted by atomic mass is 35.5. The molecule has 5 rings (SSSR count). The average molecular weight is 436 g/mol. The molecule has 0 spiro atoms. The van der Waals surface area contributed by atoms with E-state index in [2.05, 4.69) is 22.3 Å². The van der Waals surface area contributed by atoms with Gasteiger partial charge in [0.1, 0.15) is 5.82 Å². The summed E-state index contributed by atoms with van der Waals surface area (Å²) in [6.07, 6.45) is 4.51. The van der Waals surface area contributed by atoms with Gasteiger partial charge in [-0.25, -0.2) is 4.39 Å². The third-order valence-electron chi connectivity index (χ3n) is 6.35. The molecule has 4 nitrogen and oxygen atoms in total. The molecule has 0 saturated carbocycles. The van der Waals surface area contributed by atoms with Crippen LogP contribution >= 0.6 is 23.7 Å². The van der Waals surface area contributed by atoms with Crippen LogP contribution in [0.4, 0.5) is 4.39 Å². The second-order valence-electron chi connectivity index (χ2n) is 8.04. The van der Waals surface area contributed by atoms with E-state index >= 15 is 0 Å². The molecule has 0 atom stereocenters. The maximum atomic E-state index is 13.4. The zero-order chi connectivity index (χ0) is 19.1. The van der Waals surface area contributed by atoms with Crippen molar-refractivity contribution in [3.05, 3.63) is 50.6 Å². The number of likely N-dealkylation sites (tertiary alicyclic amines) is 1. The molecule has 0 bridgehead atoms. The number of rotatable bonds is 4. The first-order valence-electron chi connectivity index (χ1n) is 10.3. The third-order valence-corrected chi connectivity index (χ3v) is 7.54. The van der Waals surface area contributed by atoms with Crippen molar-refractivity contribution in [1.82, 2.24) is 15.4 Å². The van der Waals surface area contributed by atoms with E-state index in [0.29, 0.717) is 11.5 Å². The van der Waals surface area contributed by atoms with Gasteiger partial charge in [-0.05, 0) is 75.5 Å². The topological polar surface area (TPSA) is 41.3 Å². The fraction of sp³-hybridized carbons (Fsp3) is 0.500. The number of hydrogen-bond acceptors (Lipinski definition) is 5. The molecule has 1 fully saturated rings. The predicted molar refractivity (Wildman–Crippen MR) is 118 cm³/mol. The number of thiophene rings is 1. The number of halogens is 2. The summed E-state index contributed by atoms with van der Waals surface area (Å²) in [7, 11) is 0. The van der Waals surface area contributed by atoms with E-state index in [1.807, 2.05) is 11.3 Å². The van der Waals surface area contributed by atoms with Crippen molar-refractivity contribution >= 4 is 34.7 Å². The lowest BCUT2D eigenvalue weighted by atomic mass is 9.91. The van der Waals surface area contributed by atoms with Gasteiger partial charge in [-0.2, -0.15) is 0 Å². The van der Waals surface area contributed by atoms with Crippen LogP contribution in [0.2, 0.25) is 0 Å². The van der Waals surface area contributed by atoms with Gasteiger partial charge in [0.2, 0.25) is 0 Å². The smallest absolute Gasteiger partial charge is 0.170 e. The number of nitrogens with one attached hydrogen (secondary N) is 1. The Morgan fingerprint density at radius 1 is 1.31 bits per heavy atom. The van der Waals surface area contributed by atoms with Crippen molar-refractivity contribution in [3.8, 4) is 0 Å². The summed E-state index contributed by atoms with van der Waals surface area (Å²) in [4.78, 5) is 5.64. The molecule has 2 aliphatic rings. The van der Waals surface area contributed by atoms with Crippen LogP contribution in [0.5, 0.6) is 0 Å². The van der Waals surface area contributed by atoms with Crippen molar-refractivity contribution in [2.45, 2.75) is 45.1 Å². The lowest BCUT2D eigenvalue weighted by Crippen LogP contribution is -2.34. The fourth-order valence-electron chi connectivity index (χ4n) is 4.79. The van der Waals surface area contributed by atoms with Gasteiger partial charge in [0.05, 0.1) is 5.69 Å². The summed E-state index contributed by atoms with van der Waals surface area (Å²) in [5.41, 5.74) is 4.79. The highest BCUT2D eigenvalue weighted by Gasteiger charge is 2.26. The van der Waals surface area contributed by atoms with Gasteiger partial charge in [-0.1, -0.05) is 5.16 Å². The second-order valence-corrected chi connectivity index (χ2v) is 9.35. The van der Waals surface area contributed by atoms with Gasteiger partial charge >= 0.3 is 0 Å². The molecular formula is C22H27ClFN3OS. The maximum absolute atomic E-state index is 13.4. The van der Waals surface area contributed by atoms with Gasteiger partial charge in [0.15, 0.2) is 5.58 Å². The van der Waals surface area contributed by atoms with Crippen LogP contribution < -0.4 is 5.32 Å². The molecular weight excluding hydrogens is 409 g/mol. The Hall–Kier alpha value is -1.47. The molecule has 156 valence electrons. The molecule has 3 aromatic rings. The Labute approximate surface area is 180 Å². The zero-order valence-corrected chi connectivity index (χ0v) is 18.3. The molecule has 0 amide bonds. The van der Waals surface area contributed by atoms with E-state index in [9.17, 15) is 4.39 Å². The van der Waals surface area contributed by atoms with Crippen LogP contribution in [-0.4, -0.2) is 36.2 Å². The molecule has 7 heteroatoms. The summed E-state index contributed by atoms with van der Waals surface area (Å²) in [6.45, 7) is 7.75. The van der Waals surface area contributed by atoms with Gasteiger partial charge in [-0.3, -0.25) is 0 Å². The SMILES string of the molecule is Cc1sc2c(c1CCN1CCC(c3noc4cc(F)ccc34)CC1)CCNC2.Cl. The lowest BCUT2D eigenvalue weighted by Gasteiger charge is -2.31. The summed E-state index contributed by atoms with van der Waals surface area (Å²) < 4.78 is 18.7. The molecule has 1 saturated heterocycles. The molecule has 0 unspecified atom stereocenters. The van der Waals surface area contributed by atoms with Crippen molar-refractivity contribution in [1.29, 1.82) is 0 Å². The highest BCUT2D eigenvalue weighted by molar-refractivity contribution is 7.12. The number of piperidine rings is 1. The first kappa shape index (κ1) is 20.8. The number of benzene rings is 1. The summed E-state index contributed by atoms with van der Waals surface area (Å²) in [6, 6.07) is 4.73. The van der Waals surface area contributed by atoms with Gasteiger partial charge < -0.3 is 14.7 Å². The third kappa shape index (κ3) is 4.08. The molecule has 29 heavy (non-hydrogen) atoms. The Morgan fingerprint density at radius 2 is 2.14 bits per heavy atom. The summed E-state index contributed by atoms with van der Waals surface area (Å²) in [5, 5.41) is 8.72. The molecule has 1 N–H and O–H groups in total. The van der Waals surface area contributed by atoms with Crippen molar-refractivity contribution in [3.63, 3.8) is 0 Å². The van der Waals surface area contributed by atoms with E-state index in [4.69, 9.17) is 4.52 Å². The van der Waals surface area contributed by atoms with E-state index < -0.39 is 0 Å². The Morgan fingerprint density at radius 3 is 2.97 bits per heavy atom. The molecule has 0 radical (unpaired) electrons. The predicted octanol–water partition coefficient (Wildman–Crippen LogP) is 4.83. The lowest BCUT2D eigenvalue weighted by molar-refractivity contribution is 0.211. The molecule has 2 aliphatic heterocycles. The zero-order valence-electron chi connectivity index (χ0n) is 16.7. The number of nitrogens with zero attached hydrogens (tertiary/aromatic N) is 2. The number of fused-ring (bicyclic) bond motifs is 2. The van der Waals surface area contributed by atoms with Crippen molar-refractivity contribution in [2.75, 3.05) is 26.2 Å². The second kappa shape index (κ2) is 8.72. The Balaban J connectivity index is 0.00000205. The van der Waals surface area contributed by atoms with Gasteiger partial charge in [0, 0.05) is 40.2 Å². The average Bonchev–Trinajstić information content (AvgIpc) is 3.26. The van der Waals surface area contributed by atoms with E-state index in [-0.39, 0.29) is 18.2 Å². The Bertz CT molecular complexity index is 994. The van der Waals surface area contributed by atoms with Gasteiger partial charge in [-0.15, -0.1) is 23.7 Å². The van der Waals surface area contributed by atoms with E-state index in [1.54, 1.807) is 22.1 Å². The maximum Gasteiger partial charge on any atom is 0.170 e. The molecule has 1 aromatic carbocycles. The first-order chi connectivity index (χ1) is 13.7. The number of hydrogen-bond donors (Lipinski definition) is 1. The van der Waals surface area contributed by atoms with Crippen LogP contribution in [0.25, 0.3) is 11.0 Å². The normalized spacial score (nSPS) is 18.0. The molecule has 4 heterocycles. The van der Waals surface area contributed by atoms with Crippen LogP contribution in [0.15, 0.2) is 22.7 Å². The van der Waals surface area contributed by atoms with Crippen LogP contribution in [0.3, 0.4) is 0 Å². The minimum absolute atomic E-state index is 0.